The first kappa shape index (κ1) is 15.1. The van der Waals surface area contributed by atoms with Gasteiger partial charge in [-0.05, 0) is 25.4 Å². The van der Waals surface area contributed by atoms with Crippen molar-refractivity contribution in [2.45, 2.75) is 6.92 Å². The van der Waals surface area contributed by atoms with Crippen LogP contribution in [0.15, 0.2) is 16.2 Å². The smallest absolute Gasteiger partial charge is 0.345 e. The average molecular weight is 321 g/mol. The second kappa shape index (κ2) is 6.10. The quantitative estimate of drug-likeness (QED) is 0.868. The number of anilines is 1. The van der Waals surface area contributed by atoms with E-state index in [1.165, 1.54) is 11.3 Å². The molecule has 0 unspecified atom stereocenters. The molecule has 0 radical (unpaired) electrons. The van der Waals surface area contributed by atoms with Gasteiger partial charge in [-0.2, -0.15) is 0 Å². The summed E-state index contributed by atoms with van der Waals surface area (Å²) in [5.41, 5.74) is 1.25. The largest absolute Gasteiger partial charge is 0.462 e. The number of nitrogens with zero attached hydrogens (tertiary/aromatic N) is 2. The summed E-state index contributed by atoms with van der Waals surface area (Å²) < 4.78 is 6.03. The van der Waals surface area contributed by atoms with Gasteiger partial charge < -0.3 is 19.5 Å². The number of piperazine rings is 1. The molecule has 118 valence electrons. The summed E-state index contributed by atoms with van der Waals surface area (Å²) in [6.45, 7) is 5.39. The SMILES string of the molecule is CCOC(=O)c1c(N2CCN(C)CC2)c2sccc2[nH]c1=O. The van der Waals surface area contributed by atoms with Crippen LogP contribution in [0.5, 0.6) is 0 Å². The number of ether oxygens (including phenoxy) is 1. The first-order valence-electron chi connectivity index (χ1n) is 7.36. The summed E-state index contributed by atoms with van der Waals surface area (Å²) in [7, 11) is 2.07. The summed E-state index contributed by atoms with van der Waals surface area (Å²) >= 11 is 1.53. The normalized spacial score (nSPS) is 16.2. The van der Waals surface area contributed by atoms with Crippen LogP contribution < -0.4 is 10.5 Å². The summed E-state index contributed by atoms with van der Waals surface area (Å²) in [6, 6.07) is 1.87. The minimum Gasteiger partial charge on any atom is -0.462 e. The molecule has 0 bridgehead atoms. The Morgan fingerprint density at radius 1 is 1.36 bits per heavy atom. The van der Waals surface area contributed by atoms with E-state index in [0.29, 0.717) is 0 Å². The Balaban J connectivity index is 2.15. The van der Waals surface area contributed by atoms with Crippen LogP contribution in [0.25, 0.3) is 10.2 Å². The van der Waals surface area contributed by atoms with Gasteiger partial charge >= 0.3 is 5.97 Å². The fourth-order valence-electron chi connectivity index (χ4n) is 2.72. The molecule has 1 fully saturated rings. The summed E-state index contributed by atoms with van der Waals surface area (Å²) in [6.07, 6.45) is 0. The van der Waals surface area contributed by atoms with Crippen molar-refractivity contribution in [1.82, 2.24) is 9.88 Å². The number of aromatic amines is 1. The average Bonchev–Trinajstić information content (AvgIpc) is 2.94. The van der Waals surface area contributed by atoms with Gasteiger partial charge in [0, 0.05) is 26.2 Å². The molecule has 2 aromatic rings. The van der Waals surface area contributed by atoms with Gasteiger partial charge in [0.25, 0.3) is 5.56 Å². The van der Waals surface area contributed by atoms with Gasteiger partial charge in [0.15, 0.2) is 0 Å². The lowest BCUT2D eigenvalue weighted by Crippen LogP contribution is -2.45. The number of thiophene rings is 1. The molecule has 1 aliphatic heterocycles. The van der Waals surface area contributed by atoms with E-state index in [1.807, 2.05) is 11.4 Å². The maximum atomic E-state index is 12.4. The maximum Gasteiger partial charge on any atom is 0.345 e. The summed E-state index contributed by atoms with van der Waals surface area (Å²) in [5.74, 6) is -0.548. The molecule has 0 spiro atoms. The predicted octanol–water partition coefficient (Wildman–Crippen LogP) is 1.52. The number of nitrogens with one attached hydrogen (secondary N) is 1. The van der Waals surface area contributed by atoms with Gasteiger partial charge in [0.1, 0.15) is 5.56 Å². The molecule has 0 saturated carbocycles. The molecule has 0 amide bonds. The van der Waals surface area contributed by atoms with Crippen molar-refractivity contribution in [1.29, 1.82) is 0 Å². The number of carbonyl (C=O) groups is 1. The number of esters is 1. The van der Waals surface area contributed by atoms with Crippen LogP contribution in [-0.2, 0) is 4.74 Å². The van der Waals surface area contributed by atoms with E-state index < -0.39 is 5.97 Å². The number of carbonyl (C=O) groups excluding carboxylic acids is 1. The Morgan fingerprint density at radius 2 is 2.09 bits per heavy atom. The minimum atomic E-state index is -0.548. The molecule has 7 heteroatoms. The van der Waals surface area contributed by atoms with Gasteiger partial charge in [-0.3, -0.25) is 4.79 Å². The molecule has 1 aliphatic rings. The van der Waals surface area contributed by atoms with Gasteiger partial charge in [0.05, 0.1) is 22.5 Å². The first-order valence-corrected chi connectivity index (χ1v) is 8.24. The molecule has 3 rings (SSSR count). The number of pyridine rings is 1. The number of hydrogen-bond acceptors (Lipinski definition) is 6. The van der Waals surface area contributed by atoms with E-state index in [4.69, 9.17) is 4.74 Å². The van der Waals surface area contributed by atoms with Crippen molar-refractivity contribution in [3.05, 3.63) is 27.4 Å². The van der Waals surface area contributed by atoms with Crippen LogP contribution in [0.4, 0.5) is 5.69 Å². The molecule has 3 heterocycles. The van der Waals surface area contributed by atoms with E-state index in [-0.39, 0.29) is 17.7 Å². The zero-order chi connectivity index (χ0) is 15.7. The first-order chi connectivity index (χ1) is 10.6. The number of fused-ring (bicyclic) bond motifs is 1. The van der Waals surface area contributed by atoms with Crippen LogP contribution >= 0.6 is 11.3 Å². The lowest BCUT2D eigenvalue weighted by Gasteiger charge is -2.34. The van der Waals surface area contributed by atoms with E-state index in [1.54, 1.807) is 6.92 Å². The van der Waals surface area contributed by atoms with Crippen molar-refractivity contribution in [3.63, 3.8) is 0 Å². The molecule has 0 aliphatic carbocycles. The van der Waals surface area contributed by atoms with E-state index in [2.05, 4.69) is 21.8 Å². The summed E-state index contributed by atoms with van der Waals surface area (Å²) in [4.78, 5) is 31.8. The minimum absolute atomic E-state index is 0.126. The van der Waals surface area contributed by atoms with Crippen LogP contribution in [0.3, 0.4) is 0 Å². The molecule has 2 aromatic heterocycles. The number of aromatic nitrogens is 1. The highest BCUT2D eigenvalue weighted by atomic mass is 32.1. The predicted molar refractivity (Wildman–Crippen MR) is 88.1 cm³/mol. The van der Waals surface area contributed by atoms with Crippen LogP contribution in [-0.4, -0.2) is 55.7 Å². The van der Waals surface area contributed by atoms with E-state index in [9.17, 15) is 9.59 Å². The zero-order valence-corrected chi connectivity index (χ0v) is 13.5. The second-order valence-electron chi connectivity index (χ2n) is 5.35. The Kier molecular flexibility index (Phi) is 4.17. The van der Waals surface area contributed by atoms with Crippen molar-refractivity contribution in [2.24, 2.45) is 0 Å². The number of hydrogen-bond donors (Lipinski definition) is 1. The third-order valence-electron chi connectivity index (χ3n) is 3.89. The lowest BCUT2D eigenvalue weighted by molar-refractivity contribution is 0.0525. The Bertz CT molecular complexity index is 744. The standard InChI is InChI=1S/C15H19N3O3S/c1-3-21-15(20)11-12(18-7-5-17(2)6-8-18)13-10(4-9-22-13)16-14(11)19/h4,9H,3,5-8H2,1-2H3,(H,16,19). The fraction of sp³-hybridized carbons (Fsp3) is 0.467. The highest BCUT2D eigenvalue weighted by molar-refractivity contribution is 7.17. The topological polar surface area (TPSA) is 65.6 Å². The van der Waals surface area contributed by atoms with Gasteiger partial charge in [-0.25, -0.2) is 4.79 Å². The maximum absolute atomic E-state index is 12.4. The third kappa shape index (κ3) is 2.62. The number of rotatable bonds is 3. The zero-order valence-electron chi connectivity index (χ0n) is 12.7. The molecule has 6 nitrogen and oxygen atoms in total. The van der Waals surface area contributed by atoms with Crippen LogP contribution in [0.2, 0.25) is 0 Å². The lowest BCUT2D eigenvalue weighted by atomic mass is 10.1. The van der Waals surface area contributed by atoms with E-state index in [0.717, 1.165) is 42.1 Å². The molecular formula is C15H19N3O3S. The Labute approximate surface area is 132 Å². The Hall–Kier alpha value is -1.86. The van der Waals surface area contributed by atoms with Crippen LogP contribution in [0, 0.1) is 0 Å². The van der Waals surface area contributed by atoms with Gasteiger partial charge in [-0.15, -0.1) is 11.3 Å². The molecular weight excluding hydrogens is 302 g/mol. The van der Waals surface area contributed by atoms with Crippen LogP contribution in [0.1, 0.15) is 17.3 Å². The highest BCUT2D eigenvalue weighted by Crippen LogP contribution is 2.32. The molecule has 1 saturated heterocycles. The Morgan fingerprint density at radius 3 is 2.77 bits per heavy atom. The van der Waals surface area contributed by atoms with Gasteiger partial charge in [0.2, 0.25) is 0 Å². The van der Waals surface area contributed by atoms with Crippen molar-refractivity contribution in [2.75, 3.05) is 44.7 Å². The molecule has 22 heavy (non-hydrogen) atoms. The third-order valence-corrected chi connectivity index (χ3v) is 4.81. The fourth-order valence-corrected chi connectivity index (χ4v) is 3.65. The molecule has 1 N–H and O–H groups in total. The van der Waals surface area contributed by atoms with Crippen molar-refractivity contribution in [3.8, 4) is 0 Å². The number of likely N-dealkylation sites (N-methyl/N-ethyl adjacent to an activating group) is 1. The second-order valence-corrected chi connectivity index (χ2v) is 6.27. The van der Waals surface area contributed by atoms with Crippen molar-refractivity contribution >= 4 is 33.2 Å². The van der Waals surface area contributed by atoms with Gasteiger partial charge in [-0.1, -0.05) is 0 Å². The number of H-pyrrole nitrogens is 1. The van der Waals surface area contributed by atoms with E-state index >= 15 is 0 Å². The molecule has 0 aromatic carbocycles. The monoisotopic (exact) mass is 321 g/mol. The summed E-state index contributed by atoms with van der Waals surface area (Å²) in [5, 5.41) is 1.93. The van der Waals surface area contributed by atoms with Crippen molar-refractivity contribution < 1.29 is 9.53 Å². The molecule has 0 atom stereocenters. The highest BCUT2D eigenvalue weighted by Gasteiger charge is 2.27.